The minimum atomic E-state index is 0.318. The van der Waals surface area contributed by atoms with Crippen LogP contribution in [-0.2, 0) is 6.54 Å². The van der Waals surface area contributed by atoms with Crippen molar-refractivity contribution in [3.8, 4) is 0 Å². The number of hydrogen-bond acceptors (Lipinski definition) is 2. The lowest BCUT2D eigenvalue weighted by atomic mass is 10.0. The Labute approximate surface area is 115 Å². The third-order valence-electron chi connectivity index (χ3n) is 3.44. The van der Waals surface area contributed by atoms with Crippen LogP contribution in [0, 0.1) is 0 Å². The van der Waals surface area contributed by atoms with Gasteiger partial charge in [-0.1, -0.05) is 44.2 Å². The fourth-order valence-corrected chi connectivity index (χ4v) is 2.04. The number of nitrogens with zero attached hydrogens (tertiary/aromatic N) is 1. The fraction of sp³-hybridized carbons (Fsp3) is 0.353. The average molecular weight is 254 g/mol. The predicted octanol–water partition coefficient (Wildman–Crippen LogP) is 4.06. The normalized spacial score (nSPS) is 12.6. The lowest BCUT2D eigenvalue weighted by Crippen LogP contribution is -2.18. The summed E-state index contributed by atoms with van der Waals surface area (Å²) in [4.78, 5) is 4.15. The minimum Gasteiger partial charge on any atom is -0.306 e. The summed E-state index contributed by atoms with van der Waals surface area (Å²) in [6.07, 6.45) is 3.72. The summed E-state index contributed by atoms with van der Waals surface area (Å²) in [5.74, 6) is 0.594. The molecule has 0 saturated carbocycles. The van der Waals surface area contributed by atoms with Crippen molar-refractivity contribution in [2.45, 2.75) is 39.3 Å². The molecular formula is C17H22N2. The molecule has 1 atom stereocenters. The van der Waals surface area contributed by atoms with Gasteiger partial charge < -0.3 is 5.32 Å². The van der Waals surface area contributed by atoms with Crippen molar-refractivity contribution in [2.24, 2.45) is 0 Å². The summed E-state index contributed by atoms with van der Waals surface area (Å²) >= 11 is 0. The molecule has 0 saturated heterocycles. The predicted molar refractivity (Wildman–Crippen MR) is 80.0 cm³/mol. The van der Waals surface area contributed by atoms with Crippen LogP contribution in [0.5, 0.6) is 0 Å². The largest absolute Gasteiger partial charge is 0.306 e. The molecule has 0 fully saturated rings. The van der Waals surface area contributed by atoms with E-state index in [1.807, 2.05) is 12.3 Å². The molecule has 2 aromatic rings. The number of rotatable bonds is 5. The molecule has 1 heterocycles. The Kier molecular flexibility index (Phi) is 4.69. The molecule has 19 heavy (non-hydrogen) atoms. The monoisotopic (exact) mass is 254 g/mol. The van der Waals surface area contributed by atoms with Gasteiger partial charge in [0.25, 0.3) is 0 Å². The van der Waals surface area contributed by atoms with Crippen LogP contribution in [0.2, 0.25) is 0 Å². The van der Waals surface area contributed by atoms with Crippen molar-refractivity contribution < 1.29 is 0 Å². The highest BCUT2D eigenvalue weighted by atomic mass is 14.9. The van der Waals surface area contributed by atoms with E-state index in [4.69, 9.17) is 0 Å². The molecule has 100 valence electrons. The lowest BCUT2D eigenvalue weighted by Gasteiger charge is -2.14. The second kappa shape index (κ2) is 6.48. The molecule has 2 heteroatoms. The second-order valence-corrected chi connectivity index (χ2v) is 5.29. The Hall–Kier alpha value is -1.67. The van der Waals surface area contributed by atoms with Gasteiger partial charge in [0, 0.05) is 25.0 Å². The maximum absolute atomic E-state index is 4.15. The molecule has 2 nitrogen and oxygen atoms in total. The molecule has 0 aliphatic carbocycles. The molecule has 1 aromatic heterocycles. The first-order valence-electron chi connectivity index (χ1n) is 6.89. The number of benzene rings is 1. The molecule has 0 amide bonds. The van der Waals surface area contributed by atoms with Crippen molar-refractivity contribution in [2.75, 3.05) is 0 Å². The van der Waals surface area contributed by atoms with Crippen LogP contribution in [-0.4, -0.2) is 4.98 Å². The van der Waals surface area contributed by atoms with Crippen LogP contribution < -0.4 is 5.32 Å². The molecule has 0 spiro atoms. The Bertz CT molecular complexity index is 488. The van der Waals surface area contributed by atoms with E-state index in [0.717, 1.165) is 6.54 Å². The molecule has 0 aliphatic rings. The zero-order valence-electron chi connectivity index (χ0n) is 11.9. The number of nitrogens with one attached hydrogen (secondary N) is 1. The maximum atomic E-state index is 4.15. The first kappa shape index (κ1) is 13.8. The summed E-state index contributed by atoms with van der Waals surface area (Å²) in [6, 6.07) is 13.2. The molecule has 0 bridgehead atoms. The van der Waals surface area contributed by atoms with Crippen LogP contribution in [0.4, 0.5) is 0 Å². The van der Waals surface area contributed by atoms with E-state index in [9.17, 15) is 0 Å². The number of aromatic nitrogens is 1. The van der Waals surface area contributed by atoms with Gasteiger partial charge in [-0.3, -0.25) is 4.98 Å². The summed E-state index contributed by atoms with van der Waals surface area (Å²) < 4.78 is 0. The van der Waals surface area contributed by atoms with Gasteiger partial charge >= 0.3 is 0 Å². The van der Waals surface area contributed by atoms with Crippen LogP contribution in [0.15, 0.2) is 48.8 Å². The Morgan fingerprint density at radius 1 is 1.00 bits per heavy atom. The summed E-state index contributed by atoms with van der Waals surface area (Å²) in [6.45, 7) is 7.49. The van der Waals surface area contributed by atoms with Crippen molar-refractivity contribution in [1.29, 1.82) is 0 Å². The van der Waals surface area contributed by atoms with Gasteiger partial charge in [0.05, 0.1) is 0 Å². The molecule has 2 rings (SSSR count). The zero-order chi connectivity index (χ0) is 13.7. The standard InChI is InChI=1S/C17H22N2/c1-13(2)16-8-6-15(7-9-16)11-19-14(3)17-5-4-10-18-12-17/h4-10,12-14,19H,11H2,1-3H3. The van der Waals surface area contributed by atoms with E-state index in [1.54, 1.807) is 6.20 Å². The van der Waals surface area contributed by atoms with E-state index in [1.165, 1.54) is 16.7 Å². The van der Waals surface area contributed by atoms with Gasteiger partial charge in [-0.15, -0.1) is 0 Å². The highest BCUT2D eigenvalue weighted by Crippen LogP contribution is 2.15. The maximum Gasteiger partial charge on any atom is 0.0315 e. The topological polar surface area (TPSA) is 24.9 Å². The van der Waals surface area contributed by atoms with Crippen LogP contribution in [0.1, 0.15) is 49.4 Å². The van der Waals surface area contributed by atoms with Gasteiger partial charge in [0.2, 0.25) is 0 Å². The zero-order valence-corrected chi connectivity index (χ0v) is 11.9. The summed E-state index contributed by atoms with van der Waals surface area (Å²) in [5, 5.41) is 3.52. The molecule has 1 N–H and O–H groups in total. The van der Waals surface area contributed by atoms with Crippen molar-refractivity contribution in [3.05, 3.63) is 65.5 Å². The van der Waals surface area contributed by atoms with Crippen LogP contribution in [0.25, 0.3) is 0 Å². The third-order valence-corrected chi connectivity index (χ3v) is 3.44. The van der Waals surface area contributed by atoms with Gasteiger partial charge in [-0.25, -0.2) is 0 Å². The molecule has 0 aliphatic heterocycles. The van der Waals surface area contributed by atoms with Crippen molar-refractivity contribution in [1.82, 2.24) is 10.3 Å². The fourth-order valence-electron chi connectivity index (χ4n) is 2.04. The second-order valence-electron chi connectivity index (χ2n) is 5.29. The van der Waals surface area contributed by atoms with Gasteiger partial charge in [-0.05, 0) is 35.6 Å². The Morgan fingerprint density at radius 3 is 2.32 bits per heavy atom. The van der Waals surface area contributed by atoms with E-state index in [0.29, 0.717) is 12.0 Å². The molecule has 1 unspecified atom stereocenters. The average Bonchev–Trinajstić information content (AvgIpc) is 2.46. The van der Waals surface area contributed by atoms with E-state index < -0.39 is 0 Å². The van der Waals surface area contributed by atoms with Gasteiger partial charge in [0.1, 0.15) is 0 Å². The van der Waals surface area contributed by atoms with E-state index >= 15 is 0 Å². The highest BCUT2D eigenvalue weighted by Gasteiger charge is 2.04. The third kappa shape index (κ3) is 3.90. The molecule has 1 aromatic carbocycles. The number of hydrogen-bond donors (Lipinski definition) is 1. The van der Waals surface area contributed by atoms with Crippen molar-refractivity contribution in [3.63, 3.8) is 0 Å². The SMILES string of the molecule is CC(C)c1ccc(CNC(C)c2cccnc2)cc1. The molecule has 0 radical (unpaired) electrons. The minimum absolute atomic E-state index is 0.318. The van der Waals surface area contributed by atoms with E-state index in [2.05, 4.69) is 61.4 Å². The first-order chi connectivity index (χ1) is 9.16. The highest BCUT2D eigenvalue weighted by molar-refractivity contribution is 5.24. The van der Waals surface area contributed by atoms with Crippen molar-refractivity contribution >= 4 is 0 Å². The number of pyridine rings is 1. The van der Waals surface area contributed by atoms with Gasteiger partial charge in [0.15, 0.2) is 0 Å². The van der Waals surface area contributed by atoms with Gasteiger partial charge in [-0.2, -0.15) is 0 Å². The quantitative estimate of drug-likeness (QED) is 0.870. The first-order valence-corrected chi connectivity index (χ1v) is 6.89. The summed E-state index contributed by atoms with van der Waals surface area (Å²) in [7, 11) is 0. The van der Waals surface area contributed by atoms with Crippen LogP contribution in [0.3, 0.4) is 0 Å². The molecular weight excluding hydrogens is 232 g/mol. The van der Waals surface area contributed by atoms with E-state index in [-0.39, 0.29) is 0 Å². The van der Waals surface area contributed by atoms with Crippen LogP contribution >= 0.6 is 0 Å². The smallest absolute Gasteiger partial charge is 0.0315 e. The Balaban J connectivity index is 1.92. The lowest BCUT2D eigenvalue weighted by molar-refractivity contribution is 0.573. The Morgan fingerprint density at radius 2 is 1.74 bits per heavy atom. The summed E-state index contributed by atoms with van der Waals surface area (Å²) in [5.41, 5.74) is 3.94.